The van der Waals surface area contributed by atoms with Gasteiger partial charge in [0.25, 0.3) is 0 Å². The van der Waals surface area contributed by atoms with Crippen molar-refractivity contribution < 1.29 is 4.42 Å². The molecule has 0 N–H and O–H groups in total. The zero-order valence-corrected chi connectivity index (χ0v) is 30.7. The van der Waals surface area contributed by atoms with Gasteiger partial charge in [-0.1, -0.05) is 158 Å². The van der Waals surface area contributed by atoms with E-state index >= 15 is 0 Å². The summed E-state index contributed by atoms with van der Waals surface area (Å²) in [4.78, 5) is 15.7. The molecule has 1 aliphatic rings. The fourth-order valence-corrected chi connectivity index (χ4v) is 8.98. The standard InChI is InChI=1S/C52H32N4O/c1-4-15-32(16-5-1)36-24-14-25-41-39-28-27-35(29-47(39)57-49(36)41)51-53-50(34-19-8-3-9-20-34)54-52(55-51)56-45-26-13-12-22-38(45)43-30-44-42(31-46(43)56)37-21-10-11-23-40(37)48(44)33-17-6-2-7-18-33/h1-31,48H. The van der Waals surface area contributed by atoms with Gasteiger partial charge in [0.1, 0.15) is 11.2 Å². The van der Waals surface area contributed by atoms with Crippen LogP contribution >= 0.6 is 0 Å². The second-order valence-electron chi connectivity index (χ2n) is 14.8. The molecule has 0 saturated carbocycles. The quantitative estimate of drug-likeness (QED) is 0.177. The van der Waals surface area contributed by atoms with E-state index in [0.29, 0.717) is 17.6 Å². The fourth-order valence-electron chi connectivity index (χ4n) is 8.98. The monoisotopic (exact) mass is 728 g/mol. The number of fused-ring (bicyclic) bond motifs is 9. The van der Waals surface area contributed by atoms with Crippen molar-refractivity contribution in [1.29, 1.82) is 0 Å². The van der Waals surface area contributed by atoms with E-state index in [1.54, 1.807) is 0 Å². The summed E-state index contributed by atoms with van der Waals surface area (Å²) in [7, 11) is 0. The molecule has 0 radical (unpaired) electrons. The van der Waals surface area contributed by atoms with E-state index < -0.39 is 0 Å². The summed E-state index contributed by atoms with van der Waals surface area (Å²) in [6.45, 7) is 0. The lowest BCUT2D eigenvalue weighted by molar-refractivity contribution is 0.670. The molecular formula is C52H32N4O. The molecule has 0 fully saturated rings. The van der Waals surface area contributed by atoms with Gasteiger partial charge in [-0.3, -0.25) is 4.57 Å². The van der Waals surface area contributed by atoms with E-state index in [1.165, 1.54) is 33.2 Å². The zero-order chi connectivity index (χ0) is 37.5. The minimum atomic E-state index is 0.148. The van der Waals surface area contributed by atoms with Crippen LogP contribution in [0.1, 0.15) is 22.6 Å². The molecule has 3 aromatic heterocycles. The average molecular weight is 729 g/mol. The molecule has 0 aliphatic heterocycles. The number of hydrogen-bond donors (Lipinski definition) is 0. The Bertz CT molecular complexity index is 3350. The molecule has 0 saturated heterocycles. The number of rotatable bonds is 5. The van der Waals surface area contributed by atoms with Crippen molar-refractivity contribution in [1.82, 2.24) is 19.5 Å². The van der Waals surface area contributed by atoms with Crippen molar-refractivity contribution in [3.63, 3.8) is 0 Å². The van der Waals surface area contributed by atoms with E-state index in [0.717, 1.165) is 60.6 Å². The Hall–Kier alpha value is -7.63. The molecule has 3 heterocycles. The number of furan rings is 1. The number of hydrogen-bond acceptors (Lipinski definition) is 4. The summed E-state index contributed by atoms with van der Waals surface area (Å²) in [6.07, 6.45) is 0. The Labute approximate surface area is 328 Å². The molecule has 0 spiro atoms. The van der Waals surface area contributed by atoms with Crippen LogP contribution in [-0.2, 0) is 0 Å². The Morgan fingerprint density at radius 2 is 1.07 bits per heavy atom. The van der Waals surface area contributed by atoms with Crippen LogP contribution < -0.4 is 0 Å². The van der Waals surface area contributed by atoms with E-state index in [2.05, 4.69) is 168 Å². The predicted molar refractivity (Wildman–Crippen MR) is 231 cm³/mol. The number of nitrogens with zero attached hydrogens (tertiary/aromatic N) is 4. The van der Waals surface area contributed by atoms with Gasteiger partial charge in [-0.25, -0.2) is 4.98 Å². The molecule has 1 aliphatic carbocycles. The lowest BCUT2D eigenvalue weighted by atomic mass is 9.89. The summed E-state index contributed by atoms with van der Waals surface area (Å²) in [5.74, 6) is 1.89. The van der Waals surface area contributed by atoms with Crippen LogP contribution in [-0.4, -0.2) is 19.5 Å². The van der Waals surface area contributed by atoms with E-state index in [9.17, 15) is 0 Å². The third-order valence-corrected chi connectivity index (χ3v) is 11.5. The van der Waals surface area contributed by atoms with E-state index in [1.807, 2.05) is 24.3 Å². The lowest BCUT2D eigenvalue weighted by Gasteiger charge is -2.14. The number of aromatic nitrogens is 4. The van der Waals surface area contributed by atoms with Gasteiger partial charge in [-0.05, 0) is 63.7 Å². The second-order valence-corrected chi connectivity index (χ2v) is 14.8. The summed E-state index contributed by atoms with van der Waals surface area (Å²) in [6, 6.07) is 66.2. The van der Waals surface area contributed by atoms with Crippen LogP contribution in [0.4, 0.5) is 0 Å². The van der Waals surface area contributed by atoms with Gasteiger partial charge in [0.2, 0.25) is 5.95 Å². The fraction of sp³-hybridized carbons (Fsp3) is 0.0192. The van der Waals surface area contributed by atoms with E-state index in [4.69, 9.17) is 19.4 Å². The largest absolute Gasteiger partial charge is 0.455 e. The minimum absolute atomic E-state index is 0.148. The zero-order valence-electron chi connectivity index (χ0n) is 30.7. The van der Waals surface area contributed by atoms with Gasteiger partial charge < -0.3 is 4.42 Å². The predicted octanol–water partition coefficient (Wildman–Crippen LogP) is 13.0. The van der Waals surface area contributed by atoms with Gasteiger partial charge in [-0.15, -0.1) is 0 Å². The van der Waals surface area contributed by atoms with Gasteiger partial charge >= 0.3 is 0 Å². The van der Waals surface area contributed by atoms with Crippen molar-refractivity contribution in [3.8, 4) is 51.0 Å². The van der Waals surface area contributed by atoms with Crippen LogP contribution in [0.5, 0.6) is 0 Å². The normalized spacial score (nSPS) is 13.4. The highest BCUT2D eigenvalue weighted by molar-refractivity contribution is 6.12. The topological polar surface area (TPSA) is 56.7 Å². The summed E-state index contributed by atoms with van der Waals surface area (Å²) in [5.41, 5.74) is 14.1. The van der Waals surface area contributed by atoms with Crippen LogP contribution in [0, 0.1) is 0 Å². The molecule has 8 aromatic carbocycles. The van der Waals surface area contributed by atoms with Crippen LogP contribution in [0.3, 0.4) is 0 Å². The molecule has 0 amide bonds. The Balaban J connectivity index is 1.09. The van der Waals surface area contributed by atoms with Crippen LogP contribution in [0.25, 0.3) is 94.7 Å². The Morgan fingerprint density at radius 3 is 1.89 bits per heavy atom. The molecule has 1 atom stereocenters. The molecule has 1 unspecified atom stereocenters. The van der Waals surface area contributed by atoms with Crippen LogP contribution in [0.2, 0.25) is 0 Å². The van der Waals surface area contributed by atoms with Crippen LogP contribution in [0.15, 0.2) is 192 Å². The molecule has 0 bridgehead atoms. The maximum atomic E-state index is 6.67. The average Bonchev–Trinajstić information content (AvgIpc) is 3.93. The van der Waals surface area contributed by atoms with Gasteiger partial charge in [-0.2, -0.15) is 9.97 Å². The maximum Gasteiger partial charge on any atom is 0.238 e. The Morgan fingerprint density at radius 1 is 0.404 bits per heavy atom. The first-order chi connectivity index (χ1) is 28.3. The van der Waals surface area contributed by atoms with Crippen molar-refractivity contribution >= 4 is 43.7 Å². The minimum Gasteiger partial charge on any atom is -0.455 e. The van der Waals surface area contributed by atoms with Crippen molar-refractivity contribution in [2.24, 2.45) is 0 Å². The highest BCUT2D eigenvalue weighted by Crippen LogP contribution is 2.50. The van der Waals surface area contributed by atoms with E-state index in [-0.39, 0.29) is 5.92 Å². The summed E-state index contributed by atoms with van der Waals surface area (Å²) >= 11 is 0. The molecule has 11 aromatic rings. The third kappa shape index (κ3) is 4.92. The first-order valence-corrected chi connectivity index (χ1v) is 19.3. The molecule has 5 nitrogen and oxygen atoms in total. The third-order valence-electron chi connectivity index (χ3n) is 11.5. The molecule has 5 heteroatoms. The second kappa shape index (κ2) is 12.4. The number of para-hydroxylation sites is 2. The van der Waals surface area contributed by atoms with Gasteiger partial charge in [0, 0.05) is 44.2 Å². The smallest absolute Gasteiger partial charge is 0.238 e. The van der Waals surface area contributed by atoms with Crippen molar-refractivity contribution in [3.05, 3.63) is 205 Å². The highest BCUT2D eigenvalue weighted by atomic mass is 16.3. The molecular weight excluding hydrogens is 697 g/mol. The van der Waals surface area contributed by atoms with Crippen molar-refractivity contribution in [2.45, 2.75) is 5.92 Å². The first-order valence-electron chi connectivity index (χ1n) is 19.3. The van der Waals surface area contributed by atoms with Gasteiger partial charge in [0.15, 0.2) is 11.6 Å². The maximum absolute atomic E-state index is 6.67. The first kappa shape index (κ1) is 31.7. The van der Waals surface area contributed by atoms with Gasteiger partial charge in [0.05, 0.1) is 11.0 Å². The molecule has 12 rings (SSSR count). The SMILES string of the molecule is c1ccc(-c2nc(-c3ccc4c(c3)oc3c(-c5ccccc5)cccc34)nc(-n3c4ccccc4c4cc5c(cc43)-c3ccccc3C5c3ccccc3)n2)cc1. The number of benzene rings is 8. The molecule has 57 heavy (non-hydrogen) atoms. The highest BCUT2D eigenvalue weighted by Gasteiger charge is 2.31. The summed E-state index contributed by atoms with van der Waals surface area (Å²) in [5, 5.41) is 4.45. The Kier molecular flexibility index (Phi) is 6.92. The summed E-state index contributed by atoms with van der Waals surface area (Å²) < 4.78 is 8.88. The lowest BCUT2D eigenvalue weighted by Crippen LogP contribution is -2.06. The molecule has 266 valence electrons. The van der Waals surface area contributed by atoms with Crippen molar-refractivity contribution in [2.75, 3.05) is 0 Å².